The average molecular weight is 216 g/mol. The molecule has 0 bridgehead atoms. The predicted molar refractivity (Wildman–Crippen MR) is 56.6 cm³/mol. The van der Waals surface area contributed by atoms with Gasteiger partial charge >= 0.3 is 0 Å². The first-order valence-corrected chi connectivity index (χ1v) is 4.68. The zero-order valence-electron chi connectivity index (χ0n) is 8.33. The maximum atomic E-state index is 10.6. The average Bonchev–Trinajstić information content (AvgIpc) is 2.68. The summed E-state index contributed by atoms with van der Waals surface area (Å²) in [5.41, 5.74) is 1.41. The highest BCUT2D eigenvalue weighted by atomic mass is 16.6. The molecule has 2 rings (SSSR count). The van der Waals surface area contributed by atoms with E-state index in [2.05, 4.69) is 4.98 Å². The molecule has 0 unspecified atom stereocenters. The van der Waals surface area contributed by atoms with Crippen LogP contribution in [0.25, 0.3) is 11.0 Å². The van der Waals surface area contributed by atoms with Crippen LogP contribution in [0.1, 0.15) is 6.42 Å². The number of hydrogen-bond acceptors (Lipinski definition) is 4. The van der Waals surface area contributed by atoms with E-state index in [4.69, 9.17) is 5.26 Å². The lowest BCUT2D eigenvalue weighted by atomic mass is 10.3. The molecule has 2 aromatic rings. The van der Waals surface area contributed by atoms with Crippen LogP contribution in [0.5, 0.6) is 0 Å². The minimum atomic E-state index is -0.451. The molecular weight excluding hydrogens is 208 g/mol. The summed E-state index contributed by atoms with van der Waals surface area (Å²) in [5, 5.41) is 19.0. The van der Waals surface area contributed by atoms with Crippen molar-refractivity contribution in [1.29, 1.82) is 5.26 Å². The molecule has 0 fully saturated rings. The number of hydrogen-bond donors (Lipinski definition) is 0. The minimum Gasteiger partial charge on any atom is -0.330 e. The molecule has 0 aliphatic heterocycles. The molecule has 0 aliphatic carbocycles. The van der Waals surface area contributed by atoms with Crippen LogP contribution in [0.4, 0.5) is 5.69 Å². The lowest BCUT2D eigenvalue weighted by Crippen LogP contribution is -1.94. The molecule has 0 amide bonds. The number of non-ortho nitro benzene ring substituents is 1. The Kier molecular flexibility index (Phi) is 2.52. The Bertz CT molecular complexity index is 582. The smallest absolute Gasteiger partial charge is 0.271 e. The molecule has 16 heavy (non-hydrogen) atoms. The topological polar surface area (TPSA) is 84.8 Å². The first-order chi connectivity index (χ1) is 7.72. The number of nitro groups is 1. The van der Waals surface area contributed by atoms with Gasteiger partial charge in [0.15, 0.2) is 0 Å². The normalized spacial score (nSPS) is 10.2. The van der Waals surface area contributed by atoms with Crippen LogP contribution in [-0.4, -0.2) is 14.5 Å². The Labute approximate surface area is 90.9 Å². The highest BCUT2D eigenvalue weighted by Gasteiger charge is 2.09. The van der Waals surface area contributed by atoms with Crippen molar-refractivity contribution in [3.05, 3.63) is 34.6 Å². The summed E-state index contributed by atoms with van der Waals surface area (Å²) in [5.74, 6) is 0. The lowest BCUT2D eigenvalue weighted by Gasteiger charge is -1.99. The summed E-state index contributed by atoms with van der Waals surface area (Å²) in [6.07, 6.45) is 1.98. The zero-order valence-corrected chi connectivity index (χ0v) is 8.33. The number of nitrogens with zero attached hydrogens (tertiary/aromatic N) is 4. The standard InChI is InChI=1S/C10H8N4O2/c11-4-1-5-13-7-12-9-6-8(14(15)16)2-3-10(9)13/h2-3,6-7H,1,5H2. The molecular formula is C10H8N4O2. The molecule has 0 atom stereocenters. The van der Waals surface area contributed by atoms with Crippen LogP contribution in [0.2, 0.25) is 0 Å². The fraction of sp³-hybridized carbons (Fsp3) is 0.200. The van der Waals surface area contributed by atoms with E-state index in [0.29, 0.717) is 18.5 Å². The SMILES string of the molecule is N#CCCn1cnc2cc([N+](=O)[O-])ccc21. The van der Waals surface area contributed by atoms with Crippen LogP contribution < -0.4 is 0 Å². The number of imidazole rings is 1. The van der Waals surface area contributed by atoms with Crippen LogP contribution in [0.3, 0.4) is 0 Å². The Hall–Kier alpha value is -2.42. The largest absolute Gasteiger partial charge is 0.330 e. The molecule has 0 spiro atoms. The molecule has 1 aromatic carbocycles. The van der Waals surface area contributed by atoms with Gasteiger partial charge in [0.05, 0.1) is 34.8 Å². The Morgan fingerprint density at radius 3 is 3.06 bits per heavy atom. The van der Waals surface area contributed by atoms with Gasteiger partial charge in [0.2, 0.25) is 0 Å². The molecule has 0 aliphatic rings. The third-order valence-corrected chi connectivity index (χ3v) is 2.28. The monoisotopic (exact) mass is 216 g/mol. The minimum absolute atomic E-state index is 0.0260. The quantitative estimate of drug-likeness (QED) is 0.578. The third kappa shape index (κ3) is 1.70. The number of fused-ring (bicyclic) bond motifs is 1. The first-order valence-electron chi connectivity index (χ1n) is 4.68. The summed E-state index contributed by atoms with van der Waals surface area (Å²) in [7, 11) is 0. The highest BCUT2D eigenvalue weighted by Crippen LogP contribution is 2.19. The summed E-state index contributed by atoms with van der Waals surface area (Å²) < 4.78 is 1.81. The number of nitriles is 1. The van der Waals surface area contributed by atoms with E-state index in [1.165, 1.54) is 12.1 Å². The molecule has 6 heteroatoms. The molecule has 0 N–H and O–H groups in total. The van der Waals surface area contributed by atoms with E-state index in [-0.39, 0.29) is 5.69 Å². The van der Waals surface area contributed by atoms with E-state index in [0.717, 1.165) is 5.52 Å². The van der Waals surface area contributed by atoms with Crippen molar-refractivity contribution in [2.45, 2.75) is 13.0 Å². The predicted octanol–water partition coefficient (Wildman–Crippen LogP) is 1.86. The maximum absolute atomic E-state index is 10.6. The van der Waals surface area contributed by atoms with Crippen molar-refractivity contribution in [2.24, 2.45) is 0 Å². The number of aromatic nitrogens is 2. The molecule has 1 aromatic heterocycles. The van der Waals surface area contributed by atoms with Gasteiger partial charge in [0.25, 0.3) is 5.69 Å². The van der Waals surface area contributed by atoms with Gasteiger partial charge in [-0.2, -0.15) is 5.26 Å². The molecule has 0 saturated carbocycles. The van der Waals surface area contributed by atoms with Crippen LogP contribution in [0, 0.1) is 21.4 Å². The van der Waals surface area contributed by atoms with E-state index in [9.17, 15) is 10.1 Å². The molecule has 6 nitrogen and oxygen atoms in total. The highest BCUT2D eigenvalue weighted by molar-refractivity contribution is 5.77. The van der Waals surface area contributed by atoms with Gasteiger partial charge in [-0.3, -0.25) is 10.1 Å². The van der Waals surface area contributed by atoms with Crippen molar-refractivity contribution in [1.82, 2.24) is 9.55 Å². The van der Waals surface area contributed by atoms with Gasteiger partial charge in [0, 0.05) is 18.7 Å². The fourth-order valence-corrected chi connectivity index (χ4v) is 1.51. The lowest BCUT2D eigenvalue weighted by molar-refractivity contribution is -0.384. The summed E-state index contributed by atoms with van der Waals surface area (Å²) in [4.78, 5) is 14.2. The van der Waals surface area contributed by atoms with Crippen LogP contribution in [0.15, 0.2) is 24.5 Å². The Balaban J connectivity index is 2.43. The van der Waals surface area contributed by atoms with Gasteiger partial charge in [-0.25, -0.2) is 4.98 Å². The second-order valence-electron chi connectivity index (χ2n) is 3.28. The second-order valence-corrected chi connectivity index (χ2v) is 3.28. The van der Waals surface area contributed by atoms with E-state index in [1.807, 2.05) is 10.6 Å². The first kappa shape index (κ1) is 10.1. The van der Waals surface area contributed by atoms with Gasteiger partial charge in [-0.15, -0.1) is 0 Å². The van der Waals surface area contributed by atoms with E-state index >= 15 is 0 Å². The molecule has 80 valence electrons. The number of nitro benzene ring substituents is 1. The molecule has 1 heterocycles. The van der Waals surface area contributed by atoms with Crippen molar-refractivity contribution in [3.8, 4) is 6.07 Å². The van der Waals surface area contributed by atoms with Gasteiger partial charge in [-0.05, 0) is 6.07 Å². The van der Waals surface area contributed by atoms with Crippen molar-refractivity contribution in [2.75, 3.05) is 0 Å². The number of aryl methyl sites for hydroxylation is 1. The number of benzene rings is 1. The Morgan fingerprint density at radius 2 is 2.38 bits per heavy atom. The second kappa shape index (κ2) is 3.98. The third-order valence-electron chi connectivity index (χ3n) is 2.28. The molecule has 0 radical (unpaired) electrons. The number of rotatable bonds is 3. The van der Waals surface area contributed by atoms with Crippen molar-refractivity contribution < 1.29 is 4.92 Å². The van der Waals surface area contributed by atoms with Gasteiger partial charge in [-0.1, -0.05) is 0 Å². The zero-order chi connectivity index (χ0) is 11.5. The van der Waals surface area contributed by atoms with Crippen LogP contribution >= 0.6 is 0 Å². The van der Waals surface area contributed by atoms with Gasteiger partial charge in [0.1, 0.15) is 0 Å². The Morgan fingerprint density at radius 1 is 1.56 bits per heavy atom. The van der Waals surface area contributed by atoms with Crippen molar-refractivity contribution >= 4 is 16.7 Å². The maximum Gasteiger partial charge on any atom is 0.271 e. The summed E-state index contributed by atoms with van der Waals surface area (Å²) in [6.45, 7) is 0.546. The summed E-state index contributed by atoms with van der Waals surface area (Å²) in [6, 6.07) is 6.56. The van der Waals surface area contributed by atoms with E-state index in [1.54, 1.807) is 12.4 Å². The summed E-state index contributed by atoms with van der Waals surface area (Å²) >= 11 is 0. The van der Waals surface area contributed by atoms with Gasteiger partial charge < -0.3 is 4.57 Å². The van der Waals surface area contributed by atoms with Crippen LogP contribution in [-0.2, 0) is 6.54 Å². The van der Waals surface area contributed by atoms with Crippen molar-refractivity contribution in [3.63, 3.8) is 0 Å². The fourth-order valence-electron chi connectivity index (χ4n) is 1.51. The van der Waals surface area contributed by atoms with E-state index < -0.39 is 4.92 Å². The molecule has 0 saturated heterocycles.